The zero-order valence-electron chi connectivity index (χ0n) is 11.1. The van der Waals surface area contributed by atoms with Crippen molar-refractivity contribution in [2.75, 3.05) is 6.54 Å². The molecule has 0 spiro atoms. The van der Waals surface area contributed by atoms with E-state index in [0.29, 0.717) is 6.04 Å². The van der Waals surface area contributed by atoms with Gasteiger partial charge in [-0.25, -0.2) is 0 Å². The molecule has 1 unspecified atom stereocenters. The predicted octanol–water partition coefficient (Wildman–Crippen LogP) is 5.45. The molecule has 0 amide bonds. The molecule has 0 aliphatic carbocycles. The van der Waals surface area contributed by atoms with E-state index in [0.717, 1.165) is 25.8 Å². The fourth-order valence-corrected chi connectivity index (χ4v) is 2.90. The standard InChI is InChI=1S/C15H21BrIN/c1-4-9-18-15(8-5-11(2)3)13-10-12(17)6-7-14(13)16/h6-7,10,15,18H,2,4-5,8-9H2,1,3H3. The van der Waals surface area contributed by atoms with E-state index in [1.807, 2.05) is 0 Å². The molecule has 1 atom stereocenters. The summed E-state index contributed by atoms with van der Waals surface area (Å²) in [5.74, 6) is 0. The SMILES string of the molecule is C=C(C)CCC(NCCC)c1cc(I)ccc1Br. The Labute approximate surface area is 133 Å². The third-order valence-corrected chi connectivity index (χ3v) is 4.23. The molecule has 0 bridgehead atoms. The molecule has 0 aliphatic heterocycles. The number of benzene rings is 1. The Morgan fingerprint density at radius 3 is 2.83 bits per heavy atom. The molecule has 100 valence electrons. The first kappa shape index (κ1) is 16.2. The van der Waals surface area contributed by atoms with Crippen LogP contribution in [0.15, 0.2) is 34.8 Å². The first-order chi connectivity index (χ1) is 8.54. The summed E-state index contributed by atoms with van der Waals surface area (Å²) in [5.41, 5.74) is 2.61. The summed E-state index contributed by atoms with van der Waals surface area (Å²) in [5, 5.41) is 3.63. The minimum Gasteiger partial charge on any atom is -0.310 e. The zero-order chi connectivity index (χ0) is 13.5. The van der Waals surface area contributed by atoms with Gasteiger partial charge in [0.15, 0.2) is 0 Å². The quantitative estimate of drug-likeness (QED) is 0.455. The molecular formula is C15H21BrIN. The summed E-state index contributed by atoms with van der Waals surface area (Å²) >= 11 is 6.03. The molecule has 1 N–H and O–H groups in total. The van der Waals surface area contributed by atoms with Gasteiger partial charge < -0.3 is 5.32 Å². The van der Waals surface area contributed by atoms with Gasteiger partial charge in [-0.2, -0.15) is 0 Å². The molecule has 0 saturated heterocycles. The van der Waals surface area contributed by atoms with Crippen LogP contribution in [0, 0.1) is 3.57 Å². The van der Waals surface area contributed by atoms with Crippen molar-refractivity contribution in [3.8, 4) is 0 Å². The van der Waals surface area contributed by atoms with Crippen molar-refractivity contribution in [1.82, 2.24) is 5.32 Å². The largest absolute Gasteiger partial charge is 0.310 e. The van der Waals surface area contributed by atoms with Crippen molar-refractivity contribution in [3.63, 3.8) is 0 Å². The van der Waals surface area contributed by atoms with E-state index < -0.39 is 0 Å². The van der Waals surface area contributed by atoms with Gasteiger partial charge in [-0.3, -0.25) is 0 Å². The Bertz CT molecular complexity index is 403. The van der Waals surface area contributed by atoms with Gasteiger partial charge in [-0.15, -0.1) is 6.58 Å². The summed E-state index contributed by atoms with van der Waals surface area (Å²) in [6.45, 7) is 9.35. The van der Waals surface area contributed by atoms with Crippen LogP contribution >= 0.6 is 38.5 Å². The molecule has 0 aliphatic rings. The van der Waals surface area contributed by atoms with Crippen molar-refractivity contribution in [1.29, 1.82) is 0 Å². The third-order valence-electron chi connectivity index (χ3n) is 2.83. The highest BCUT2D eigenvalue weighted by Gasteiger charge is 2.14. The molecule has 3 heteroatoms. The summed E-state index contributed by atoms with van der Waals surface area (Å²) in [6, 6.07) is 6.93. The highest BCUT2D eigenvalue weighted by molar-refractivity contribution is 14.1. The Morgan fingerprint density at radius 1 is 1.50 bits per heavy atom. The molecule has 0 aromatic heterocycles. The van der Waals surface area contributed by atoms with Crippen LogP contribution in [0.25, 0.3) is 0 Å². The van der Waals surface area contributed by atoms with Crippen LogP contribution in [0.5, 0.6) is 0 Å². The normalized spacial score (nSPS) is 12.4. The van der Waals surface area contributed by atoms with Gasteiger partial charge in [-0.1, -0.05) is 28.4 Å². The molecule has 1 aromatic rings. The van der Waals surface area contributed by atoms with E-state index in [1.165, 1.54) is 19.2 Å². The highest BCUT2D eigenvalue weighted by atomic mass is 127. The summed E-state index contributed by atoms with van der Waals surface area (Å²) < 4.78 is 2.47. The van der Waals surface area contributed by atoms with Crippen LogP contribution in [0.2, 0.25) is 0 Å². The van der Waals surface area contributed by atoms with E-state index in [4.69, 9.17) is 0 Å². The Morgan fingerprint density at radius 2 is 2.22 bits per heavy atom. The Hall–Kier alpha value is 0.130. The molecular weight excluding hydrogens is 401 g/mol. The molecule has 0 fully saturated rings. The first-order valence-electron chi connectivity index (χ1n) is 6.37. The second kappa shape index (κ2) is 8.33. The van der Waals surface area contributed by atoms with Crippen LogP contribution in [-0.4, -0.2) is 6.54 Å². The van der Waals surface area contributed by atoms with Crippen molar-refractivity contribution >= 4 is 38.5 Å². The number of hydrogen-bond donors (Lipinski definition) is 1. The minimum atomic E-state index is 0.408. The number of nitrogens with one attached hydrogen (secondary N) is 1. The summed E-state index contributed by atoms with van der Waals surface area (Å²) in [6.07, 6.45) is 3.33. The maximum absolute atomic E-state index is 4.00. The smallest absolute Gasteiger partial charge is 0.0334 e. The van der Waals surface area contributed by atoms with E-state index in [-0.39, 0.29) is 0 Å². The monoisotopic (exact) mass is 421 g/mol. The zero-order valence-corrected chi connectivity index (χ0v) is 14.8. The van der Waals surface area contributed by atoms with Gasteiger partial charge >= 0.3 is 0 Å². The molecule has 1 rings (SSSR count). The van der Waals surface area contributed by atoms with Crippen LogP contribution in [0.4, 0.5) is 0 Å². The van der Waals surface area contributed by atoms with Gasteiger partial charge in [0.25, 0.3) is 0 Å². The third kappa shape index (κ3) is 5.41. The lowest BCUT2D eigenvalue weighted by Crippen LogP contribution is -2.22. The molecule has 0 heterocycles. The average Bonchev–Trinajstić information content (AvgIpc) is 2.32. The Balaban J connectivity index is 2.85. The molecule has 18 heavy (non-hydrogen) atoms. The van der Waals surface area contributed by atoms with Crippen molar-refractivity contribution in [3.05, 3.63) is 44.0 Å². The van der Waals surface area contributed by atoms with Crippen LogP contribution in [-0.2, 0) is 0 Å². The van der Waals surface area contributed by atoms with Crippen molar-refractivity contribution in [2.24, 2.45) is 0 Å². The van der Waals surface area contributed by atoms with E-state index in [1.54, 1.807) is 0 Å². The maximum atomic E-state index is 4.00. The van der Waals surface area contributed by atoms with Crippen LogP contribution in [0.3, 0.4) is 0 Å². The van der Waals surface area contributed by atoms with Gasteiger partial charge in [0, 0.05) is 14.1 Å². The number of allylic oxidation sites excluding steroid dienone is 1. The average molecular weight is 422 g/mol. The maximum Gasteiger partial charge on any atom is 0.0334 e. The summed E-state index contributed by atoms with van der Waals surface area (Å²) in [4.78, 5) is 0. The second-order valence-corrected chi connectivity index (χ2v) is 6.77. The number of rotatable bonds is 7. The highest BCUT2D eigenvalue weighted by Crippen LogP contribution is 2.29. The van der Waals surface area contributed by atoms with Crippen molar-refractivity contribution in [2.45, 2.75) is 39.2 Å². The number of hydrogen-bond acceptors (Lipinski definition) is 1. The summed E-state index contributed by atoms with van der Waals surface area (Å²) in [7, 11) is 0. The van der Waals surface area contributed by atoms with Gasteiger partial charge in [-0.05, 0) is 79.1 Å². The molecule has 1 nitrogen and oxygen atoms in total. The first-order valence-corrected chi connectivity index (χ1v) is 8.24. The van der Waals surface area contributed by atoms with E-state index >= 15 is 0 Å². The van der Waals surface area contributed by atoms with Gasteiger partial charge in [0.1, 0.15) is 0 Å². The van der Waals surface area contributed by atoms with Crippen LogP contribution in [0.1, 0.15) is 44.7 Å². The lowest BCUT2D eigenvalue weighted by atomic mass is 10.00. The van der Waals surface area contributed by atoms with E-state index in [2.05, 4.69) is 82.5 Å². The lowest BCUT2D eigenvalue weighted by Gasteiger charge is -2.21. The van der Waals surface area contributed by atoms with Crippen molar-refractivity contribution < 1.29 is 0 Å². The van der Waals surface area contributed by atoms with E-state index in [9.17, 15) is 0 Å². The Kier molecular flexibility index (Phi) is 7.49. The van der Waals surface area contributed by atoms with Gasteiger partial charge in [0.2, 0.25) is 0 Å². The lowest BCUT2D eigenvalue weighted by molar-refractivity contribution is 0.497. The fourth-order valence-electron chi connectivity index (χ4n) is 1.86. The number of halogens is 2. The molecule has 1 aromatic carbocycles. The molecule has 0 saturated carbocycles. The van der Waals surface area contributed by atoms with Crippen LogP contribution < -0.4 is 5.32 Å². The predicted molar refractivity (Wildman–Crippen MR) is 91.9 cm³/mol. The minimum absolute atomic E-state index is 0.408. The van der Waals surface area contributed by atoms with Gasteiger partial charge in [0.05, 0.1) is 0 Å². The second-order valence-electron chi connectivity index (χ2n) is 4.67. The molecule has 0 radical (unpaired) electrons. The fraction of sp³-hybridized carbons (Fsp3) is 0.467. The topological polar surface area (TPSA) is 12.0 Å².